The Morgan fingerprint density at radius 3 is 2.66 bits per heavy atom. The van der Waals surface area contributed by atoms with Crippen LogP contribution in [0.2, 0.25) is 5.02 Å². The molecular weight excluding hydrogens is 538 g/mol. The number of esters is 1. The number of methoxy groups -OCH3 is 1. The van der Waals surface area contributed by atoms with Crippen molar-refractivity contribution in [1.29, 1.82) is 0 Å². The molecule has 0 aliphatic rings. The lowest BCUT2D eigenvalue weighted by Gasteiger charge is -2.17. The molecule has 0 spiro atoms. The average molecular weight is 565 g/mol. The predicted molar refractivity (Wildman–Crippen MR) is 140 cm³/mol. The lowest BCUT2D eigenvalue weighted by Crippen LogP contribution is -2.26. The van der Waals surface area contributed by atoms with Crippen LogP contribution in [-0.2, 0) is 9.53 Å². The molecule has 1 aromatic heterocycles. The normalized spacial score (nSPS) is 13.1. The van der Waals surface area contributed by atoms with E-state index in [2.05, 4.69) is 21.0 Å². The summed E-state index contributed by atoms with van der Waals surface area (Å²) in [5.41, 5.74) is 0.908. The fourth-order valence-corrected chi connectivity index (χ4v) is 3.94. The topological polar surface area (TPSA) is 92.0 Å². The fraction of sp³-hybridized carbons (Fsp3) is 0.360. The van der Waals surface area contributed by atoms with Gasteiger partial charge in [-0.1, -0.05) is 41.4 Å². The Kier molecular flexibility index (Phi) is 8.91. The van der Waals surface area contributed by atoms with E-state index in [0.29, 0.717) is 28.0 Å². The Balaban J connectivity index is 2.04. The van der Waals surface area contributed by atoms with Crippen LogP contribution >= 0.6 is 27.5 Å². The highest BCUT2D eigenvalue weighted by Gasteiger charge is 2.21. The standard InChI is InChI=1S/C25H27BrClN3O5/c1-6-14(3)23-29-20-9-8-17(26)12-18(20)24(31)30(23)28-13-16-10-19(27)22(21(11-16)33-5)35-15(4)25(32)34-7-2/h8-15H,6-7H2,1-5H3/t14-,15-/m1/s1. The van der Waals surface area contributed by atoms with Crippen molar-refractivity contribution in [2.24, 2.45) is 5.10 Å². The van der Waals surface area contributed by atoms with Crippen LogP contribution in [0.4, 0.5) is 0 Å². The van der Waals surface area contributed by atoms with Crippen molar-refractivity contribution in [2.75, 3.05) is 13.7 Å². The second kappa shape index (κ2) is 11.7. The van der Waals surface area contributed by atoms with Gasteiger partial charge in [0.1, 0.15) is 5.82 Å². The van der Waals surface area contributed by atoms with Crippen molar-refractivity contribution in [1.82, 2.24) is 9.66 Å². The summed E-state index contributed by atoms with van der Waals surface area (Å²) < 4.78 is 18.2. The second-order valence-electron chi connectivity index (χ2n) is 7.85. The average Bonchev–Trinajstić information content (AvgIpc) is 2.84. The summed E-state index contributed by atoms with van der Waals surface area (Å²) in [6, 6.07) is 8.65. The summed E-state index contributed by atoms with van der Waals surface area (Å²) in [4.78, 5) is 30.0. The van der Waals surface area contributed by atoms with Crippen molar-refractivity contribution < 1.29 is 19.0 Å². The molecule has 0 amide bonds. The number of carbonyl (C=O) groups excluding carboxylic acids is 1. The zero-order chi connectivity index (χ0) is 25.7. The predicted octanol–water partition coefficient (Wildman–Crippen LogP) is 5.55. The van der Waals surface area contributed by atoms with E-state index in [1.165, 1.54) is 18.0 Å². The van der Waals surface area contributed by atoms with Crippen LogP contribution < -0.4 is 15.0 Å². The Morgan fingerprint density at radius 1 is 1.26 bits per heavy atom. The molecule has 0 bridgehead atoms. The highest BCUT2D eigenvalue weighted by Crippen LogP contribution is 2.37. The number of hydrogen-bond acceptors (Lipinski definition) is 7. The molecule has 35 heavy (non-hydrogen) atoms. The third kappa shape index (κ3) is 6.02. The van der Waals surface area contributed by atoms with E-state index >= 15 is 0 Å². The number of fused-ring (bicyclic) bond motifs is 1. The quantitative estimate of drug-likeness (QED) is 0.250. The third-order valence-electron chi connectivity index (χ3n) is 5.37. The van der Waals surface area contributed by atoms with Crippen molar-refractivity contribution in [2.45, 2.75) is 46.1 Å². The van der Waals surface area contributed by atoms with Gasteiger partial charge in [-0.3, -0.25) is 4.79 Å². The molecule has 0 fully saturated rings. The van der Waals surface area contributed by atoms with Crippen LogP contribution in [-0.4, -0.2) is 41.7 Å². The van der Waals surface area contributed by atoms with Gasteiger partial charge in [0.2, 0.25) is 0 Å². The maximum Gasteiger partial charge on any atom is 0.347 e. The van der Waals surface area contributed by atoms with E-state index in [1.54, 1.807) is 38.1 Å². The van der Waals surface area contributed by atoms with E-state index in [1.807, 2.05) is 19.9 Å². The number of aromatic nitrogens is 2. The summed E-state index contributed by atoms with van der Waals surface area (Å²) in [6.45, 7) is 7.54. The molecular formula is C25H27BrClN3O5. The van der Waals surface area contributed by atoms with Gasteiger partial charge in [-0.15, -0.1) is 0 Å². The zero-order valence-corrected chi connectivity index (χ0v) is 22.5. The van der Waals surface area contributed by atoms with Crippen LogP contribution in [0.15, 0.2) is 44.7 Å². The van der Waals surface area contributed by atoms with Crippen LogP contribution in [0, 0.1) is 0 Å². The summed E-state index contributed by atoms with van der Waals surface area (Å²) in [7, 11) is 1.46. The Hall–Kier alpha value is -2.91. The first kappa shape index (κ1) is 26.7. The summed E-state index contributed by atoms with van der Waals surface area (Å²) in [5.74, 6) is 0.575. The molecule has 3 aromatic rings. The molecule has 8 nitrogen and oxygen atoms in total. The highest BCUT2D eigenvalue weighted by molar-refractivity contribution is 9.10. The smallest absolute Gasteiger partial charge is 0.347 e. The second-order valence-corrected chi connectivity index (χ2v) is 9.17. The van der Waals surface area contributed by atoms with Gasteiger partial charge < -0.3 is 14.2 Å². The molecule has 0 N–H and O–H groups in total. The minimum Gasteiger partial charge on any atom is -0.493 e. The molecule has 3 rings (SSSR count). The SMILES string of the molecule is CCOC(=O)[C@@H](C)Oc1c(Cl)cc(C=Nn2c([C@H](C)CC)nc3ccc(Br)cc3c2=O)cc1OC. The van der Waals surface area contributed by atoms with Crippen LogP contribution in [0.5, 0.6) is 11.5 Å². The van der Waals surface area contributed by atoms with Crippen molar-refractivity contribution in [3.05, 3.63) is 61.6 Å². The van der Waals surface area contributed by atoms with E-state index < -0.39 is 12.1 Å². The van der Waals surface area contributed by atoms with Gasteiger partial charge in [-0.25, -0.2) is 9.78 Å². The van der Waals surface area contributed by atoms with E-state index in [9.17, 15) is 9.59 Å². The van der Waals surface area contributed by atoms with E-state index in [-0.39, 0.29) is 28.9 Å². The summed E-state index contributed by atoms with van der Waals surface area (Å²) in [6.07, 6.45) is 1.42. The first-order valence-corrected chi connectivity index (χ1v) is 12.3. The van der Waals surface area contributed by atoms with E-state index in [4.69, 9.17) is 30.8 Å². The van der Waals surface area contributed by atoms with Crippen LogP contribution in [0.1, 0.15) is 51.4 Å². The number of nitrogens with zero attached hydrogens (tertiary/aromatic N) is 3. The Bertz CT molecular complexity index is 1320. The molecule has 186 valence electrons. The first-order chi connectivity index (χ1) is 16.7. The largest absolute Gasteiger partial charge is 0.493 e. The Morgan fingerprint density at radius 2 is 2.00 bits per heavy atom. The number of hydrogen-bond donors (Lipinski definition) is 0. The molecule has 0 saturated heterocycles. The molecule has 2 aromatic carbocycles. The van der Waals surface area contributed by atoms with Crippen molar-refractivity contribution >= 4 is 50.6 Å². The summed E-state index contributed by atoms with van der Waals surface area (Å²) >= 11 is 9.86. The third-order valence-corrected chi connectivity index (χ3v) is 6.15. The molecule has 0 aliphatic carbocycles. The van der Waals surface area contributed by atoms with Gasteiger partial charge >= 0.3 is 5.97 Å². The van der Waals surface area contributed by atoms with Gasteiger partial charge in [0.05, 0.1) is 35.9 Å². The minimum atomic E-state index is -0.875. The van der Waals surface area contributed by atoms with Gasteiger partial charge in [-0.05, 0) is 56.2 Å². The van der Waals surface area contributed by atoms with Crippen molar-refractivity contribution in [3.63, 3.8) is 0 Å². The van der Waals surface area contributed by atoms with Gasteiger partial charge in [-0.2, -0.15) is 9.78 Å². The molecule has 0 saturated carbocycles. The molecule has 0 radical (unpaired) electrons. The monoisotopic (exact) mass is 563 g/mol. The fourth-order valence-electron chi connectivity index (χ4n) is 3.32. The first-order valence-electron chi connectivity index (χ1n) is 11.2. The van der Waals surface area contributed by atoms with Gasteiger partial charge in [0, 0.05) is 10.4 Å². The lowest BCUT2D eigenvalue weighted by molar-refractivity contribution is -0.150. The molecule has 0 aliphatic heterocycles. The number of carbonyl (C=O) groups is 1. The van der Waals surface area contributed by atoms with Crippen LogP contribution in [0.3, 0.4) is 0 Å². The molecule has 1 heterocycles. The summed E-state index contributed by atoms with van der Waals surface area (Å²) in [5, 5.41) is 5.13. The van der Waals surface area contributed by atoms with E-state index in [0.717, 1.165) is 10.9 Å². The number of rotatable bonds is 9. The minimum absolute atomic E-state index is 0.00570. The lowest BCUT2D eigenvalue weighted by atomic mass is 10.1. The highest BCUT2D eigenvalue weighted by atomic mass is 79.9. The number of ether oxygens (including phenoxy) is 3. The molecule has 0 unspecified atom stereocenters. The maximum absolute atomic E-state index is 13.3. The maximum atomic E-state index is 13.3. The molecule has 10 heteroatoms. The Labute approximate surface area is 217 Å². The van der Waals surface area contributed by atoms with Gasteiger partial charge in [0.25, 0.3) is 5.56 Å². The van der Waals surface area contributed by atoms with Gasteiger partial charge in [0.15, 0.2) is 17.6 Å². The molecule has 2 atom stereocenters. The zero-order valence-electron chi connectivity index (χ0n) is 20.2. The number of benzene rings is 2. The number of halogens is 2. The van der Waals surface area contributed by atoms with Crippen molar-refractivity contribution in [3.8, 4) is 11.5 Å². The van der Waals surface area contributed by atoms with Crippen LogP contribution in [0.25, 0.3) is 10.9 Å².